The number of halogens is 2. The minimum atomic E-state index is 0.523. The lowest BCUT2D eigenvalue weighted by molar-refractivity contribution is 0.416. The molecule has 0 aliphatic heterocycles. The Kier molecular flexibility index (Phi) is 3.32. The number of ether oxygens (including phenoxy) is 1. The van der Waals surface area contributed by atoms with Gasteiger partial charge in [0.05, 0.1) is 22.8 Å². The zero-order valence-electron chi connectivity index (χ0n) is 11.0. The van der Waals surface area contributed by atoms with Crippen molar-refractivity contribution in [1.29, 1.82) is 0 Å². The van der Waals surface area contributed by atoms with E-state index in [1.165, 1.54) is 0 Å². The molecule has 0 spiro atoms. The van der Waals surface area contributed by atoms with Crippen molar-refractivity contribution >= 4 is 28.8 Å². The topological polar surface area (TPSA) is 26.5 Å². The average Bonchev–Trinajstić information content (AvgIpc) is 2.82. The Bertz CT molecular complexity index is 796. The van der Waals surface area contributed by atoms with Crippen molar-refractivity contribution in [2.45, 2.75) is 6.92 Å². The van der Waals surface area contributed by atoms with Crippen LogP contribution in [-0.4, -0.2) is 16.5 Å². The van der Waals surface area contributed by atoms with E-state index < -0.39 is 0 Å². The van der Waals surface area contributed by atoms with Gasteiger partial charge in [-0.05, 0) is 25.1 Å². The summed E-state index contributed by atoms with van der Waals surface area (Å²) < 4.78 is 7.22. The standard InChI is InChI=1S/C15H12Cl2N2O/c1-9-3-4-14(20-2)11(5-9)13-8-19-7-10(16)6-12(17)15(19)18-13/h3-8H,1-2H3. The number of pyridine rings is 1. The van der Waals surface area contributed by atoms with Gasteiger partial charge < -0.3 is 9.14 Å². The summed E-state index contributed by atoms with van der Waals surface area (Å²) in [5.41, 5.74) is 3.55. The van der Waals surface area contributed by atoms with Crippen molar-refractivity contribution in [2.75, 3.05) is 7.11 Å². The highest BCUT2D eigenvalue weighted by Gasteiger charge is 2.12. The molecular formula is C15H12Cl2N2O. The summed E-state index contributed by atoms with van der Waals surface area (Å²) in [7, 11) is 1.65. The van der Waals surface area contributed by atoms with Crippen LogP contribution in [0, 0.1) is 6.92 Å². The summed E-state index contributed by atoms with van der Waals surface area (Å²) in [6, 6.07) is 7.66. The minimum Gasteiger partial charge on any atom is -0.496 e. The van der Waals surface area contributed by atoms with E-state index in [4.69, 9.17) is 27.9 Å². The molecule has 0 bridgehead atoms. The lowest BCUT2D eigenvalue weighted by atomic mass is 10.1. The Labute approximate surface area is 126 Å². The van der Waals surface area contributed by atoms with Crippen LogP contribution in [0.3, 0.4) is 0 Å². The molecule has 1 aromatic carbocycles. The van der Waals surface area contributed by atoms with Crippen LogP contribution in [0.5, 0.6) is 5.75 Å². The quantitative estimate of drug-likeness (QED) is 0.690. The van der Waals surface area contributed by atoms with E-state index in [1.54, 1.807) is 19.4 Å². The predicted octanol–water partition coefficient (Wildman–Crippen LogP) is 4.63. The Morgan fingerprint density at radius 3 is 2.70 bits per heavy atom. The first-order chi connectivity index (χ1) is 9.58. The first-order valence-corrected chi connectivity index (χ1v) is 6.83. The second kappa shape index (κ2) is 5.00. The molecular weight excluding hydrogens is 295 g/mol. The monoisotopic (exact) mass is 306 g/mol. The van der Waals surface area contributed by atoms with Crippen LogP contribution in [0.15, 0.2) is 36.7 Å². The van der Waals surface area contributed by atoms with E-state index in [1.807, 2.05) is 35.7 Å². The Morgan fingerprint density at radius 1 is 1.15 bits per heavy atom. The molecule has 0 atom stereocenters. The first-order valence-electron chi connectivity index (χ1n) is 6.07. The maximum Gasteiger partial charge on any atom is 0.156 e. The number of methoxy groups -OCH3 is 1. The molecule has 2 aromatic heterocycles. The number of hydrogen-bond donors (Lipinski definition) is 0. The summed E-state index contributed by atoms with van der Waals surface area (Å²) >= 11 is 12.2. The van der Waals surface area contributed by atoms with Gasteiger partial charge in [-0.3, -0.25) is 0 Å². The van der Waals surface area contributed by atoms with E-state index in [9.17, 15) is 0 Å². The molecule has 0 aliphatic carbocycles. The zero-order chi connectivity index (χ0) is 14.3. The third-order valence-electron chi connectivity index (χ3n) is 3.10. The van der Waals surface area contributed by atoms with Crippen molar-refractivity contribution in [3.63, 3.8) is 0 Å². The van der Waals surface area contributed by atoms with Gasteiger partial charge in [0.15, 0.2) is 5.65 Å². The van der Waals surface area contributed by atoms with E-state index in [-0.39, 0.29) is 0 Å². The van der Waals surface area contributed by atoms with E-state index in [0.29, 0.717) is 15.7 Å². The van der Waals surface area contributed by atoms with Crippen LogP contribution < -0.4 is 4.74 Å². The van der Waals surface area contributed by atoms with E-state index >= 15 is 0 Å². The molecule has 0 saturated carbocycles. The van der Waals surface area contributed by atoms with Crippen LogP contribution >= 0.6 is 23.2 Å². The van der Waals surface area contributed by atoms with E-state index in [2.05, 4.69) is 4.98 Å². The van der Waals surface area contributed by atoms with Crippen molar-refractivity contribution in [1.82, 2.24) is 9.38 Å². The zero-order valence-corrected chi connectivity index (χ0v) is 12.5. The number of benzene rings is 1. The van der Waals surface area contributed by atoms with Crippen molar-refractivity contribution in [3.05, 3.63) is 52.3 Å². The minimum absolute atomic E-state index is 0.523. The maximum absolute atomic E-state index is 6.17. The van der Waals surface area contributed by atoms with Crippen molar-refractivity contribution in [2.24, 2.45) is 0 Å². The summed E-state index contributed by atoms with van der Waals surface area (Å²) in [5.74, 6) is 0.779. The summed E-state index contributed by atoms with van der Waals surface area (Å²) in [5, 5.41) is 1.10. The number of fused-ring (bicyclic) bond motifs is 1. The fraction of sp³-hybridized carbons (Fsp3) is 0.133. The lowest BCUT2D eigenvalue weighted by Crippen LogP contribution is -1.88. The van der Waals surface area contributed by atoms with Crippen LogP contribution in [-0.2, 0) is 0 Å². The second-order valence-electron chi connectivity index (χ2n) is 4.57. The average molecular weight is 307 g/mol. The normalized spacial score (nSPS) is 11.0. The molecule has 0 fully saturated rings. The number of nitrogens with zero attached hydrogens (tertiary/aromatic N) is 2. The van der Waals surface area contributed by atoms with Crippen LogP contribution in [0.4, 0.5) is 0 Å². The summed E-state index contributed by atoms with van der Waals surface area (Å²) in [4.78, 5) is 4.57. The van der Waals surface area contributed by atoms with Crippen LogP contribution in [0.1, 0.15) is 5.56 Å². The van der Waals surface area contributed by atoms with Crippen molar-refractivity contribution < 1.29 is 4.74 Å². The van der Waals surface area contributed by atoms with Gasteiger partial charge in [-0.25, -0.2) is 4.98 Å². The molecule has 0 N–H and O–H groups in total. The van der Waals surface area contributed by atoms with Gasteiger partial charge in [0.25, 0.3) is 0 Å². The van der Waals surface area contributed by atoms with Crippen LogP contribution in [0.25, 0.3) is 16.9 Å². The molecule has 5 heteroatoms. The molecule has 102 valence electrons. The number of hydrogen-bond acceptors (Lipinski definition) is 2. The number of aromatic nitrogens is 2. The van der Waals surface area contributed by atoms with Gasteiger partial charge in [0.1, 0.15) is 5.75 Å². The number of imidazole rings is 1. The number of rotatable bonds is 2. The summed E-state index contributed by atoms with van der Waals surface area (Å²) in [6.45, 7) is 2.03. The number of aryl methyl sites for hydroxylation is 1. The van der Waals surface area contributed by atoms with Gasteiger partial charge in [0, 0.05) is 18.0 Å². The van der Waals surface area contributed by atoms with Gasteiger partial charge in [-0.1, -0.05) is 34.8 Å². The molecule has 0 saturated heterocycles. The lowest BCUT2D eigenvalue weighted by Gasteiger charge is -2.06. The fourth-order valence-electron chi connectivity index (χ4n) is 2.18. The largest absolute Gasteiger partial charge is 0.496 e. The van der Waals surface area contributed by atoms with Gasteiger partial charge in [-0.2, -0.15) is 0 Å². The van der Waals surface area contributed by atoms with Gasteiger partial charge in [-0.15, -0.1) is 0 Å². The molecule has 0 unspecified atom stereocenters. The first kappa shape index (κ1) is 13.3. The van der Waals surface area contributed by atoms with Crippen molar-refractivity contribution in [3.8, 4) is 17.0 Å². The molecule has 3 aromatic rings. The third kappa shape index (κ3) is 2.23. The Hall–Kier alpha value is -1.71. The molecule has 20 heavy (non-hydrogen) atoms. The molecule has 3 rings (SSSR count). The summed E-state index contributed by atoms with van der Waals surface area (Å²) in [6.07, 6.45) is 3.67. The van der Waals surface area contributed by atoms with E-state index in [0.717, 1.165) is 22.6 Å². The predicted molar refractivity (Wildman–Crippen MR) is 81.9 cm³/mol. The Morgan fingerprint density at radius 2 is 1.95 bits per heavy atom. The molecule has 3 nitrogen and oxygen atoms in total. The maximum atomic E-state index is 6.17. The Balaban J connectivity index is 2.25. The van der Waals surface area contributed by atoms with Gasteiger partial charge >= 0.3 is 0 Å². The van der Waals surface area contributed by atoms with Crippen LogP contribution in [0.2, 0.25) is 10.0 Å². The third-order valence-corrected chi connectivity index (χ3v) is 3.59. The second-order valence-corrected chi connectivity index (χ2v) is 5.41. The smallest absolute Gasteiger partial charge is 0.156 e. The molecule has 0 amide bonds. The molecule has 0 aliphatic rings. The highest BCUT2D eigenvalue weighted by atomic mass is 35.5. The molecule has 2 heterocycles. The molecule has 0 radical (unpaired) electrons. The SMILES string of the molecule is COc1ccc(C)cc1-c1cn2cc(Cl)cc(Cl)c2n1. The fourth-order valence-corrected chi connectivity index (χ4v) is 2.70. The van der Waals surface area contributed by atoms with Gasteiger partial charge in [0.2, 0.25) is 0 Å². The highest BCUT2D eigenvalue weighted by Crippen LogP contribution is 2.32. The highest BCUT2D eigenvalue weighted by molar-refractivity contribution is 6.36.